The predicted octanol–water partition coefficient (Wildman–Crippen LogP) is 2.47. The first-order valence-corrected chi connectivity index (χ1v) is 7.65. The molecule has 0 aliphatic rings. The standard InChI is InChI=1S/C12H14BrN5OS/c1-2-9(12-15-3-4-20-12)17-11(19)8-5-7(13)6-16-10(8)18-14/h3-6,9H,2,14H2,1H3,(H,16,18)(H,17,19). The molecule has 1 unspecified atom stereocenters. The zero-order valence-electron chi connectivity index (χ0n) is 10.8. The lowest BCUT2D eigenvalue weighted by Crippen LogP contribution is -2.29. The van der Waals surface area contributed by atoms with E-state index in [1.54, 1.807) is 18.5 Å². The molecule has 0 saturated carbocycles. The van der Waals surface area contributed by atoms with Crippen molar-refractivity contribution in [3.8, 4) is 0 Å². The van der Waals surface area contributed by atoms with Gasteiger partial charge in [0.1, 0.15) is 5.01 Å². The van der Waals surface area contributed by atoms with Crippen molar-refractivity contribution in [2.24, 2.45) is 5.84 Å². The van der Waals surface area contributed by atoms with Crippen LogP contribution in [-0.2, 0) is 0 Å². The van der Waals surface area contributed by atoms with Crippen LogP contribution in [0.1, 0.15) is 34.8 Å². The SMILES string of the molecule is CCC(NC(=O)c1cc(Br)cnc1NN)c1nccs1. The number of carbonyl (C=O) groups excluding carboxylic acids is 1. The average molecular weight is 356 g/mol. The Morgan fingerprint density at radius 2 is 2.35 bits per heavy atom. The number of rotatable bonds is 5. The molecule has 4 N–H and O–H groups in total. The molecule has 0 bridgehead atoms. The van der Waals surface area contributed by atoms with Crippen molar-refractivity contribution in [3.63, 3.8) is 0 Å². The number of nitrogens with one attached hydrogen (secondary N) is 2. The van der Waals surface area contributed by atoms with Crippen molar-refractivity contribution >= 4 is 39.0 Å². The summed E-state index contributed by atoms with van der Waals surface area (Å²) in [5, 5.41) is 5.71. The van der Waals surface area contributed by atoms with Gasteiger partial charge in [0.2, 0.25) is 0 Å². The van der Waals surface area contributed by atoms with Crippen LogP contribution in [0.5, 0.6) is 0 Å². The number of pyridine rings is 1. The minimum absolute atomic E-state index is 0.118. The van der Waals surface area contributed by atoms with Crippen LogP contribution >= 0.6 is 27.3 Å². The van der Waals surface area contributed by atoms with E-state index in [2.05, 4.69) is 36.6 Å². The van der Waals surface area contributed by atoms with E-state index in [0.29, 0.717) is 15.9 Å². The lowest BCUT2D eigenvalue weighted by molar-refractivity contribution is 0.0936. The van der Waals surface area contributed by atoms with Gasteiger partial charge in [0.25, 0.3) is 5.91 Å². The van der Waals surface area contributed by atoms with Crippen molar-refractivity contribution in [3.05, 3.63) is 38.9 Å². The van der Waals surface area contributed by atoms with Gasteiger partial charge in [-0.3, -0.25) is 4.79 Å². The summed E-state index contributed by atoms with van der Waals surface area (Å²) in [6.45, 7) is 1.99. The van der Waals surface area contributed by atoms with Crippen LogP contribution in [0.4, 0.5) is 5.82 Å². The van der Waals surface area contributed by atoms with E-state index in [0.717, 1.165) is 11.4 Å². The number of nitrogens with zero attached hydrogens (tertiary/aromatic N) is 2. The molecular weight excluding hydrogens is 342 g/mol. The molecule has 0 aliphatic carbocycles. The number of nitrogen functional groups attached to an aromatic ring is 1. The summed E-state index contributed by atoms with van der Waals surface area (Å²) in [6, 6.07) is 1.55. The molecule has 20 heavy (non-hydrogen) atoms. The predicted molar refractivity (Wildman–Crippen MR) is 82.4 cm³/mol. The second-order valence-corrected chi connectivity index (χ2v) is 5.84. The summed E-state index contributed by atoms with van der Waals surface area (Å²) >= 11 is 4.81. The smallest absolute Gasteiger partial charge is 0.255 e. The minimum atomic E-state index is -0.242. The van der Waals surface area contributed by atoms with E-state index >= 15 is 0 Å². The second-order valence-electron chi connectivity index (χ2n) is 4.00. The molecule has 2 aromatic rings. The zero-order chi connectivity index (χ0) is 14.5. The van der Waals surface area contributed by atoms with Crippen LogP contribution < -0.4 is 16.6 Å². The number of hydrogen-bond acceptors (Lipinski definition) is 6. The van der Waals surface area contributed by atoms with Crippen LogP contribution in [0, 0.1) is 0 Å². The maximum Gasteiger partial charge on any atom is 0.255 e. The molecule has 1 amide bonds. The van der Waals surface area contributed by atoms with E-state index in [1.807, 2.05) is 12.3 Å². The van der Waals surface area contributed by atoms with Crippen molar-refractivity contribution in [2.75, 3.05) is 5.43 Å². The van der Waals surface area contributed by atoms with Gasteiger partial charge < -0.3 is 10.7 Å². The number of aromatic nitrogens is 2. The minimum Gasteiger partial charge on any atom is -0.343 e. The molecule has 0 aliphatic heterocycles. The third-order valence-corrected chi connectivity index (χ3v) is 4.02. The van der Waals surface area contributed by atoms with Crippen molar-refractivity contribution in [1.29, 1.82) is 0 Å². The van der Waals surface area contributed by atoms with E-state index in [1.165, 1.54) is 11.3 Å². The van der Waals surface area contributed by atoms with Gasteiger partial charge in [0.15, 0.2) is 5.82 Å². The number of carbonyl (C=O) groups is 1. The van der Waals surface area contributed by atoms with Gasteiger partial charge in [-0.25, -0.2) is 15.8 Å². The van der Waals surface area contributed by atoms with Gasteiger partial charge in [-0.1, -0.05) is 6.92 Å². The summed E-state index contributed by atoms with van der Waals surface area (Å²) in [4.78, 5) is 20.6. The first kappa shape index (κ1) is 14.9. The fourth-order valence-corrected chi connectivity index (χ4v) is 2.81. The van der Waals surface area contributed by atoms with Gasteiger partial charge in [-0.2, -0.15) is 0 Å². The summed E-state index contributed by atoms with van der Waals surface area (Å²) in [7, 11) is 0. The monoisotopic (exact) mass is 355 g/mol. The van der Waals surface area contributed by atoms with Gasteiger partial charge in [0, 0.05) is 22.2 Å². The summed E-state index contributed by atoms with van der Waals surface area (Å²) in [5.74, 6) is 5.47. The molecule has 2 rings (SSSR count). The topological polar surface area (TPSA) is 92.9 Å². The van der Waals surface area contributed by atoms with Crippen LogP contribution in [0.25, 0.3) is 0 Å². The van der Waals surface area contributed by atoms with E-state index in [4.69, 9.17) is 5.84 Å². The maximum absolute atomic E-state index is 12.4. The highest BCUT2D eigenvalue weighted by atomic mass is 79.9. The third-order valence-electron chi connectivity index (χ3n) is 2.70. The van der Waals surface area contributed by atoms with Crippen molar-refractivity contribution < 1.29 is 4.79 Å². The fourth-order valence-electron chi connectivity index (χ4n) is 1.71. The average Bonchev–Trinajstić information content (AvgIpc) is 2.98. The van der Waals surface area contributed by atoms with Crippen LogP contribution in [-0.4, -0.2) is 15.9 Å². The molecule has 2 heterocycles. The van der Waals surface area contributed by atoms with E-state index < -0.39 is 0 Å². The summed E-state index contributed by atoms with van der Waals surface area (Å²) < 4.78 is 0.712. The molecular formula is C12H14BrN5OS. The Bertz CT molecular complexity index is 590. The molecule has 0 radical (unpaired) electrons. The van der Waals surface area contributed by atoms with E-state index in [-0.39, 0.29) is 11.9 Å². The normalized spacial score (nSPS) is 11.9. The van der Waals surface area contributed by atoms with Crippen LogP contribution in [0.3, 0.4) is 0 Å². The molecule has 0 fully saturated rings. The molecule has 106 valence electrons. The Morgan fingerprint density at radius 1 is 1.55 bits per heavy atom. The number of anilines is 1. The van der Waals surface area contributed by atoms with E-state index in [9.17, 15) is 4.79 Å². The zero-order valence-corrected chi connectivity index (χ0v) is 13.2. The van der Waals surface area contributed by atoms with Gasteiger partial charge in [0.05, 0.1) is 11.6 Å². The number of hydrogen-bond donors (Lipinski definition) is 3. The third kappa shape index (κ3) is 3.33. The molecule has 0 saturated heterocycles. The molecule has 0 spiro atoms. The summed E-state index contributed by atoms with van der Waals surface area (Å²) in [5.41, 5.74) is 2.81. The van der Waals surface area contributed by atoms with Crippen LogP contribution in [0.2, 0.25) is 0 Å². The highest BCUT2D eigenvalue weighted by Crippen LogP contribution is 2.22. The summed E-state index contributed by atoms with van der Waals surface area (Å²) in [6.07, 6.45) is 4.05. The number of hydrazine groups is 1. The molecule has 6 nitrogen and oxygen atoms in total. The Balaban J connectivity index is 2.21. The number of halogens is 1. The van der Waals surface area contributed by atoms with Gasteiger partial charge in [-0.05, 0) is 28.4 Å². The second kappa shape index (κ2) is 6.78. The van der Waals surface area contributed by atoms with Crippen molar-refractivity contribution in [2.45, 2.75) is 19.4 Å². The highest BCUT2D eigenvalue weighted by molar-refractivity contribution is 9.10. The van der Waals surface area contributed by atoms with Crippen molar-refractivity contribution in [1.82, 2.24) is 15.3 Å². The Hall–Kier alpha value is -1.51. The highest BCUT2D eigenvalue weighted by Gasteiger charge is 2.19. The lowest BCUT2D eigenvalue weighted by Gasteiger charge is -2.15. The maximum atomic E-state index is 12.4. The number of thiazole rings is 1. The molecule has 0 aromatic carbocycles. The van der Waals surface area contributed by atoms with Gasteiger partial charge >= 0.3 is 0 Å². The fraction of sp³-hybridized carbons (Fsp3) is 0.250. The Labute approximate surface area is 128 Å². The molecule has 8 heteroatoms. The first-order valence-electron chi connectivity index (χ1n) is 5.98. The largest absolute Gasteiger partial charge is 0.343 e. The Kier molecular flexibility index (Phi) is 5.05. The first-order chi connectivity index (χ1) is 9.65. The Morgan fingerprint density at radius 3 is 2.95 bits per heavy atom. The molecule has 1 atom stereocenters. The van der Waals surface area contributed by atoms with Crippen LogP contribution in [0.15, 0.2) is 28.3 Å². The number of nitrogens with two attached hydrogens (primary N) is 1. The quantitative estimate of drug-likeness (QED) is 0.565. The molecule has 2 aromatic heterocycles. The number of amides is 1. The lowest BCUT2D eigenvalue weighted by atomic mass is 10.2. The van der Waals surface area contributed by atoms with Gasteiger partial charge in [-0.15, -0.1) is 11.3 Å².